The number of ether oxygens (including phenoxy) is 1. The van der Waals surface area contributed by atoms with Crippen LogP contribution in [0.2, 0.25) is 0 Å². The Morgan fingerprint density at radius 2 is 2.04 bits per heavy atom. The third-order valence-electron chi connectivity index (χ3n) is 3.43. The van der Waals surface area contributed by atoms with E-state index in [0.717, 1.165) is 50.7 Å². The minimum Gasteiger partial charge on any atom is -0.383 e. The number of nitrogens with zero attached hydrogens (tertiary/aromatic N) is 1. The van der Waals surface area contributed by atoms with Crippen molar-refractivity contribution in [3.05, 3.63) is 22.4 Å². The van der Waals surface area contributed by atoms with Crippen molar-refractivity contribution in [2.75, 3.05) is 32.8 Å². The number of hydrogen-bond acceptors (Lipinski definition) is 4. The van der Waals surface area contributed by atoms with Crippen molar-refractivity contribution in [2.24, 2.45) is 4.99 Å². The Morgan fingerprint density at radius 3 is 2.67 bits per heavy atom. The van der Waals surface area contributed by atoms with Crippen molar-refractivity contribution in [2.45, 2.75) is 45.6 Å². The van der Waals surface area contributed by atoms with E-state index in [1.165, 1.54) is 6.42 Å². The third kappa shape index (κ3) is 9.80. The van der Waals surface area contributed by atoms with Crippen LogP contribution in [-0.4, -0.2) is 43.9 Å². The number of nitrogens with one attached hydrogen (secondary N) is 2. The molecule has 0 radical (unpaired) electrons. The Hall–Kier alpha value is -0.380. The fourth-order valence-corrected chi connectivity index (χ4v) is 2.75. The Kier molecular flexibility index (Phi) is 13.6. The molecule has 0 aliphatic carbocycles. The van der Waals surface area contributed by atoms with Gasteiger partial charge in [0, 0.05) is 26.3 Å². The van der Waals surface area contributed by atoms with Crippen molar-refractivity contribution >= 4 is 41.3 Å². The summed E-state index contributed by atoms with van der Waals surface area (Å²) in [4.78, 5) is 4.50. The Balaban J connectivity index is 0.00000529. The maximum atomic E-state index is 10.5. The minimum atomic E-state index is -0.939. The zero-order chi connectivity index (χ0) is 17.0. The van der Waals surface area contributed by atoms with E-state index >= 15 is 0 Å². The molecule has 0 fully saturated rings. The quantitative estimate of drug-likeness (QED) is 0.201. The highest BCUT2D eigenvalue weighted by molar-refractivity contribution is 14.0. The second-order valence-electron chi connectivity index (χ2n) is 5.73. The number of hydrogen-bond donors (Lipinski definition) is 3. The summed E-state index contributed by atoms with van der Waals surface area (Å²) in [5.41, 5.74) is -0.0301. The number of halogens is 1. The van der Waals surface area contributed by atoms with E-state index in [-0.39, 0.29) is 24.0 Å². The number of guanidine groups is 1. The molecule has 1 aromatic heterocycles. The van der Waals surface area contributed by atoms with Crippen LogP contribution in [0, 0.1) is 0 Å². The molecule has 0 amide bonds. The lowest BCUT2D eigenvalue weighted by atomic mass is 10.00. The lowest BCUT2D eigenvalue weighted by Gasteiger charge is -2.21. The Labute approximate surface area is 167 Å². The monoisotopic (exact) mass is 469 g/mol. The number of rotatable bonds is 11. The number of aliphatic imine (C=N–C) groups is 1. The van der Waals surface area contributed by atoms with Gasteiger partial charge in [-0.05, 0) is 49.1 Å². The van der Waals surface area contributed by atoms with Gasteiger partial charge in [0.25, 0.3) is 0 Å². The van der Waals surface area contributed by atoms with E-state index in [2.05, 4.69) is 22.5 Å². The van der Waals surface area contributed by atoms with Gasteiger partial charge in [-0.1, -0.05) is 13.3 Å². The molecule has 0 saturated heterocycles. The van der Waals surface area contributed by atoms with Gasteiger partial charge in [0.2, 0.25) is 0 Å². The number of unbranched alkanes of at least 4 members (excludes halogenated alkanes) is 1. The van der Waals surface area contributed by atoms with Crippen molar-refractivity contribution in [3.8, 4) is 0 Å². The van der Waals surface area contributed by atoms with Crippen LogP contribution >= 0.6 is 35.3 Å². The summed E-state index contributed by atoms with van der Waals surface area (Å²) in [5.74, 6) is 0.733. The molecule has 0 aliphatic rings. The van der Waals surface area contributed by atoms with Crippen LogP contribution in [0.3, 0.4) is 0 Å². The maximum absolute atomic E-state index is 10.5. The molecule has 0 saturated carbocycles. The summed E-state index contributed by atoms with van der Waals surface area (Å²) in [6.07, 6.45) is 3.23. The average Bonchev–Trinajstić information content (AvgIpc) is 3.07. The second kappa shape index (κ2) is 13.9. The van der Waals surface area contributed by atoms with Crippen molar-refractivity contribution in [1.29, 1.82) is 0 Å². The second-order valence-corrected chi connectivity index (χ2v) is 6.51. The van der Waals surface area contributed by atoms with Crippen molar-refractivity contribution in [1.82, 2.24) is 10.6 Å². The zero-order valence-corrected chi connectivity index (χ0v) is 18.2. The molecule has 24 heavy (non-hydrogen) atoms. The molecule has 140 valence electrons. The summed E-state index contributed by atoms with van der Waals surface area (Å²) in [7, 11) is 0. The van der Waals surface area contributed by atoms with Crippen LogP contribution < -0.4 is 10.6 Å². The summed E-state index contributed by atoms with van der Waals surface area (Å²) in [5, 5.41) is 20.9. The van der Waals surface area contributed by atoms with Crippen molar-refractivity contribution in [3.63, 3.8) is 0 Å². The minimum absolute atomic E-state index is 0. The molecular formula is C17H32IN3O2S. The van der Waals surface area contributed by atoms with Crippen LogP contribution in [0.1, 0.15) is 45.6 Å². The van der Waals surface area contributed by atoms with Crippen LogP contribution in [0.4, 0.5) is 0 Å². The maximum Gasteiger partial charge on any atom is 0.191 e. The third-order valence-corrected chi connectivity index (χ3v) is 4.12. The smallest absolute Gasteiger partial charge is 0.191 e. The van der Waals surface area contributed by atoms with E-state index in [0.29, 0.717) is 6.54 Å². The predicted octanol–water partition coefficient (Wildman–Crippen LogP) is 3.34. The highest BCUT2D eigenvalue weighted by atomic mass is 127. The Morgan fingerprint density at radius 1 is 1.29 bits per heavy atom. The molecule has 0 spiro atoms. The standard InChI is InChI=1S/C17H31N3O2S.HI/c1-4-6-10-22-11-7-9-19-16(18-5-2)20-14-17(3,21)15-8-12-23-13-15;/h8,12-13,21H,4-7,9-11,14H2,1-3H3,(H2,18,19,20);1H. The first-order chi connectivity index (χ1) is 11.1. The largest absolute Gasteiger partial charge is 0.383 e. The molecule has 1 atom stereocenters. The van der Waals surface area contributed by atoms with E-state index in [4.69, 9.17) is 4.74 Å². The molecule has 5 nitrogen and oxygen atoms in total. The van der Waals surface area contributed by atoms with E-state index < -0.39 is 5.60 Å². The zero-order valence-electron chi connectivity index (χ0n) is 15.0. The van der Waals surface area contributed by atoms with Gasteiger partial charge < -0.3 is 20.5 Å². The van der Waals surface area contributed by atoms with Crippen LogP contribution in [0.25, 0.3) is 0 Å². The molecule has 1 rings (SSSR count). The molecule has 7 heteroatoms. The van der Waals surface area contributed by atoms with Gasteiger partial charge in [-0.25, -0.2) is 4.99 Å². The van der Waals surface area contributed by atoms with Gasteiger partial charge >= 0.3 is 0 Å². The number of thiophene rings is 1. The summed E-state index contributed by atoms with van der Waals surface area (Å²) >= 11 is 1.58. The van der Waals surface area contributed by atoms with Crippen LogP contribution in [-0.2, 0) is 10.3 Å². The first-order valence-electron chi connectivity index (χ1n) is 8.45. The lowest BCUT2D eigenvalue weighted by molar-refractivity contribution is 0.0677. The number of aliphatic hydroxyl groups is 1. The molecule has 1 heterocycles. The Bertz CT molecular complexity index is 439. The van der Waals surface area contributed by atoms with E-state index in [1.807, 2.05) is 23.8 Å². The first-order valence-corrected chi connectivity index (χ1v) is 9.39. The van der Waals surface area contributed by atoms with Gasteiger partial charge in [-0.15, -0.1) is 24.0 Å². The predicted molar refractivity (Wildman–Crippen MR) is 114 cm³/mol. The van der Waals surface area contributed by atoms with E-state index in [1.54, 1.807) is 18.3 Å². The van der Waals surface area contributed by atoms with Gasteiger partial charge in [0.15, 0.2) is 5.96 Å². The van der Waals surface area contributed by atoms with Gasteiger partial charge in [0.05, 0.1) is 6.54 Å². The van der Waals surface area contributed by atoms with Crippen molar-refractivity contribution < 1.29 is 9.84 Å². The molecule has 0 aromatic carbocycles. The molecular weight excluding hydrogens is 437 g/mol. The molecule has 0 bridgehead atoms. The molecule has 3 N–H and O–H groups in total. The SMILES string of the molecule is CCCCOCCCNC(=NCC(C)(O)c1ccsc1)NCC.I. The molecule has 0 aliphatic heterocycles. The highest BCUT2D eigenvalue weighted by Gasteiger charge is 2.23. The summed E-state index contributed by atoms with van der Waals surface area (Å²) < 4.78 is 5.54. The van der Waals surface area contributed by atoms with Gasteiger partial charge in [-0.3, -0.25) is 0 Å². The molecule has 1 unspecified atom stereocenters. The fraction of sp³-hybridized carbons (Fsp3) is 0.706. The van der Waals surface area contributed by atoms with Gasteiger partial charge in [-0.2, -0.15) is 11.3 Å². The topological polar surface area (TPSA) is 65.9 Å². The highest BCUT2D eigenvalue weighted by Crippen LogP contribution is 2.23. The fourth-order valence-electron chi connectivity index (χ4n) is 1.97. The normalized spacial score (nSPS) is 13.9. The van der Waals surface area contributed by atoms with Gasteiger partial charge in [0.1, 0.15) is 5.60 Å². The first kappa shape index (κ1) is 23.6. The van der Waals surface area contributed by atoms with E-state index in [9.17, 15) is 5.11 Å². The van der Waals surface area contributed by atoms with Crippen LogP contribution in [0.5, 0.6) is 0 Å². The molecule has 1 aromatic rings. The summed E-state index contributed by atoms with van der Waals surface area (Å²) in [6, 6.07) is 1.94. The lowest BCUT2D eigenvalue weighted by Crippen LogP contribution is -2.39. The summed E-state index contributed by atoms with van der Waals surface area (Å²) in [6.45, 7) is 9.51. The average molecular weight is 469 g/mol. The van der Waals surface area contributed by atoms with Crippen LogP contribution in [0.15, 0.2) is 21.8 Å².